The van der Waals surface area contributed by atoms with Crippen LogP contribution in [0.15, 0.2) is 5.38 Å². The lowest BCUT2D eigenvalue weighted by Gasteiger charge is -2.36. The van der Waals surface area contributed by atoms with E-state index in [4.69, 9.17) is 5.11 Å². The molecule has 1 fully saturated rings. The summed E-state index contributed by atoms with van der Waals surface area (Å²) >= 11 is 1.55. The highest BCUT2D eigenvalue weighted by Crippen LogP contribution is 2.12. The summed E-state index contributed by atoms with van der Waals surface area (Å²) in [6.45, 7) is 5.98. The molecular weight excluding hydrogens is 278 g/mol. The van der Waals surface area contributed by atoms with Crippen LogP contribution in [0.1, 0.15) is 17.6 Å². The van der Waals surface area contributed by atoms with Crippen LogP contribution in [0.25, 0.3) is 0 Å². The summed E-state index contributed by atoms with van der Waals surface area (Å²) in [5.74, 6) is -0.749. The maximum Gasteiger partial charge on any atom is 0.320 e. The van der Waals surface area contributed by atoms with E-state index in [0.29, 0.717) is 32.6 Å². The van der Waals surface area contributed by atoms with Gasteiger partial charge < -0.3 is 10.0 Å². The Hall–Kier alpha value is -1.47. The number of amides is 1. The predicted molar refractivity (Wildman–Crippen MR) is 75.8 cm³/mol. The minimum absolute atomic E-state index is 0.0675. The van der Waals surface area contributed by atoms with Gasteiger partial charge in [-0.3, -0.25) is 14.5 Å². The lowest BCUT2D eigenvalue weighted by atomic mass is 10.2. The number of rotatable bonds is 4. The molecule has 0 bridgehead atoms. The van der Waals surface area contributed by atoms with Gasteiger partial charge in [-0.15, -0.1) is 11.3 Å². The standard InChI is InChI=1S/C13H19N3O3S/c1-9(13(18)19)15-3-5-16(6-4-15)12(17)7-11-8-20-10(2)14-11/h8-9H,3-7H2,1-2H3,(H,18,19). The lowest BCUT2D eigenvalue weighted by Crippen LogP contribution is -2.53. The first-order valence-corrected chi connectivity index (χ1v) is 7.51. The molecular formula is C13H19N3O3S. The maximum atomic E-state index is 12.1. The molecule has 2 heterocycles. The number of carbonyl (C=O) groups is 2. The van der Waals surface area contributed by atoms with Gasteiger partial charge in [-0.25, -0.2) is 4.98 Å². The van der Waals surface area contributed by atoms with Crippen molar-refractivity contribution in [2.75, 3.05) is 26.2 Å². The predicted octanol–water partition coefficient (Wildman–Crippen LogP) is 0.611. The van der Waals surface area contributed by atoms with Crippen LogP contribution in [0.5, 0.6) is 0 Å². The highest BCUT2D eigenvalue weighted by molar-refractivity contribution is 7.09. The third-order valence-corrected chi connectivity index (χ3v) is 4.39. The van der Waals surface area contributed by atoms with E-state index in [0.717, 1.165) is 10.7 Å². The number of aryl methyl sites for hydroxylation is 1. The Bertz CT molecular complexity index is 495. The van der Waals surface area contributed by atoms with Crippen molar-refractivity contribution in [3.8, 4) is 0 Å². The van der Waals surface area contributed by atoms with Crippen LogP contribution < -0.4 is 0 Å². The molecule has 1 aliphatic heterocycles. The average Bonchev–Trinajstić information content (AvgIpc) is 2.83. The molecule has 1 unspecified atom stereocenters. The maximum absolute atomic E-state index is 12.1. The van der Waals surface area contributed by atoms with E-state index in [9.17, 15) is 9.59 Å². The second-order valence-corrected chi connectivity index (χ2v) is 6.03. The zero-order valence-corrected chi connectivity index (χ0v) is 12.5. The number of hydrogen-bond donors (Lipinski definition) is 1. The number of nitrogens with zero attached hydrogens (tertiary/aromatic N) is 3. The fourth-order valence-electron chi connectivity index (χ4n) is 2.27. The summed E-state index contributed by atoms with van der Waals surface area (Å²) in [5, 5.41) is 11.9. The van der Waals surface area contributed by atoms with Crippen molar-refractivity contribution in [3.05, 3.63) is 16.1 Å². The SMILES string of the molecule is Cc1nc(CC(=O)N2CCN(C(C)C(=O)O)CC2)cs1. The largest absolute Gasteiger partial charge is 0.480 e. The van der Waals surface area contributed by atoms with Crippen molar-refractivity contribution in [1.29, 1.82) is 0 Å². The summed E-state index contributed by atoms with van der Waals surface area (Å²) in [7, 11) is 0. The Labute approximate surface area is 122 Å². The Morgan fingerprint density at radius 3 is 2.55 bits per heavy atom. The first-order chi connectivity index (χ1) is 9.47. The Morgan fingerprint density at radius 2 is 2.05 bits per heavy atom. The van der Waals surface area contributed by atoms with Crippen molar-refractivity contribution in [2.24, 2.45) is 0 Å². The van der Waals surface area contributed by atoms with E-state index >= 15 is 0 Å². The number of carboxylic acid groups (broad SMARTS) is 1. The van der Waals surface area contributed by atoms with E-state index in [1.165, 1.54) is 0 Å². The molecule has 0 radical (unpaired) electrons. The normalized spacial score (nSPS) is 18.0. The zero-order chi connectivity index (χ0) is 14.7. The molecule has 0 saturated carbocycles. The van der Waals surface area contributed by atoms with Gasteiger partial charge in [0.15, 0.2) is 0 Å². The van der Waals surface area contributed by atoms with Gasteiger partial charge in [-0.05, 0) is 13.8 Å². The van der Waals surface area contributed by atoms with Crippen LogP contribution in [0, 0.1) is 6.92 Å². The molecule has 7 heteroatoms. The molecule has 1 atom stereocenters. The lowest BCUT2D eigenvalue weighted by molar-refractivity contribution is -0.144. The Balaban J connectivity index is 1.84. The minimum Gasteiger partial charge on any atom is -0.480 e. The van der Waals surface area contributed by atoms with Crippen molar-refractivity contribution in [2.45, 2.75) is 26.3 Å². The quantitative estimate of drug-likeness (QED) is 0.881. The van der Waals surface area contributed by atoms with Gasteiger partial charge in [0.05, 0.1) is 17.1 Å². The van der Waals surface area contributed by atoms with Crippen LogP contribution in [0.3, 0.4) is 0 Å². The number of thiazole rings is 1. The zero-order valence-electron chi connectivity index (χ0n) is 11.7. The highest BCUT2D eigenvalue weighted by Gasteiger charge is 2.27. The van der Waals surface area contributed by atoms with Gasteiger partial charge in [-0.1, -0.05) is 0 Å². The highest BCUT2D eigenvalue weighted by atomic mass is 32.1. The molecule has 6 nitrogen and oxygen atoms in total. The monoisotopic (exact) mass is 297 g/mol. The van der Waals surface area contributed by atoms with Gasteiger partial charge in [0.1, 0.15) is 6.04 Å². The van der Waals surface area contributed by atoms with E-state index in [1.54, 1.807) is 23.2 Å². The van der Waals surface area contributed by atoms with Crippen LogP contribution in [0.4, 0.5) is 0 Å². The molecule has 2 rings (SSSR count). The fourth-order valence-corrected chi connectivity index (χ4v) is 2.88. The van der Waals surface area contributed by atoms with Gasteiger partial charge >= 0.3 is 5.97 Å². The second kappa shape index (κ2) is 6.32. The molecule has 20 heavy (non-hydrogen) atoms. The number of hydrogen-bond acceptors (Lipinski definition) is 5. The van der Waals surface area contributed by atoms with Crippen LogP contribution in [0.2, 0.25) is 0 Å². The molecule has 110 valence electrons. The van der Waals surface area contributed by atoms with E-state index in [2.05, 4.69) is 4.98 Å². The van der Waals surface area contributed by atoms with Crippen LogP contribution in [-0.4, -0.2) is 64.0 Å². The molecule has 1 aromatic rings. The number of aromatic nitrogens is 1. The Kier molecular flexibility index (Phi) is 4.72. The molecule has 0 aliphatic carbocycles. The van der Waals surface area contributed by atoms with Crippen molar-refractivity contribution < 1.29 is 14.7 Å². The number of aliphatic carboxylic acids is 1. The number of carbonyl (C=O) groups excluding carboxylic acids is 1. The second-order valence-electron chi connectivity index (χ2n) is 4.97. The molecule has 0 aromatic carbocycles. The molecule has 1 saturated heterocycles. The van der Waals surface area contributed by atoms with E-state index in [1.807, 2.05) is 17.2 Å². The summed E-state index contributed by atoms with van der Waals surface area (Å²) in [6.07, 6.45) is 0.332. The van der Waals surface area contributed by atoms with Gasteiger partial charge in [0.2, 0.25) is 5.91 Å². The van der Waals surface area contributed by atoms with E-state index in [-0.39, 0.29) is 5.91 Å². The molecule has 1 aromatic heterocycles. The molecule has 1 amide bonds. The number of carboxylic acids is 1. The fraction of sp³-hybridized carbons (Fsp3) is 0.615. The number of piperazine rings is 1. The van der Waals surface area contributed by atoms with Crippen molar-refractivity contribution >= 4 is 23.2 Å². The smallest absolute Gasteiger partial charge is 0.320 e. The van der Waals surface area contributed by atoms with Gasteiger partial charge in [0.25, 0.3) is 0 Å². The van der Waals surface area contributed by atoms with E-state index < -0.39 is 12.0 Å². The topological polar surface area (TPSA) is 73.7 Å². The molecule has 1 aliphatic rings. The summed E-state index contributed by atoms with van der Waals surface area (Å²) < 4.78 is 0. The van der Waals surface area contributed by atoms with Crippen molar-refractivity contribution in [3.63, 3.8) is 0 Å². The minimum atomic E-state index is -0.817. The Morgan fingerprint density at radius 1 is 1.40 bits per heavy atom. The molecule has 0 spiro atoms. The van der Waals surface area contributed by atoms with Gasteiger partial charge in [-0.2, -0.15) is 0 Å². The van der Waals surface area contributed by atoms with Crippen molar-refractivity contribution in [1.82, 2.24) is 14.8 Å². The summed E-state index contributed by atoms with van der Waals surface area (Å²) in [4.78, 5) is 31.0. The first kappa shape index (κ1) is 14.9. The third kappa shape index (κ3) is 3.55. The van der Waals surface area contributed by atoms with Crippen LogP contribution >= 0.6 is 11.3 Å². The summed E-state index contributed by atoms with van der Waals surface area (Å²) in [5.41, 5.74) is 0.818. The molecule has 1 N–H and O–H groups in total. The van der Waals surface area contributed by atoms with Gasteiger partial charge in [0, 0.05) is 31.6 Å². The third-order valence-electron chi connectivity index (χ3n) is 3.57. The van der Waals surface area contributed by atoms with Crippen LogP contribution in [-0.2, 0) is 16.0 Å². The average molecular weight is 297 g/mol. The first-order valence-electron chi connectivity index (χ1n) is 6.63. The summed E-state index contributed by atoms with van der Waals surface area (Å²) in [6, 6.07) is -0.492.